The average molecular weight is 239 g/mol. The van der Waals surface area contributed by atoms with E-state index in [1.165, 1.54) is 4.80 Å². The van der Waals surface area contributed by atoms with Crippen molar-refractivity contribution in [2.45, 2.75) is 13.3 Å². The van der Waals surface area contributed by atoms with Gasteiger partial charge in [0.15, 0.2) is 0 Å². The smallest absolute Gasteiger partial charge is 0.250 e. The molecule has 90 valence electrons. The highest BCUT2D eigenvalue weighted by atomic mass is 16.5. The number of hydrogen-bond donors (Lipinski definition) is 0. The predicted molar refractivity (Wildman–Crippen MR) is 69.4 cm³/mol. The second-order valence-corrected chi connectivity index (χ2v) is 4.13. The summed E-state index contributed by atoms with van der Waals surface area (Å²) in [5.41, 5.74) is 3.24. The van der Waals surface area contributed by atoms with Gasteiger partial charge in [0.25, 0.3) is 0 Å². The second-order valence-electron chi connectivity index (χ2n) is 4.13. The van der Waals surface area contributed by atoms with Crippen molar-refractivity contribution in [3.05, 3.63) is 59.3 Å². The standard InChI is InChI=1S/C14H13N3O/c1-2-11-7-3-5-9-13(11)16-15-12-8-4-6-10-14(12)17(16)18/h3-10H,2H2,1H3. The maximum atomic E-state index is 12.2. The van der Waals surface area contributed by atoms with E-state index in [-0.39, 0.29) is 0 Å². The molecule has 0 saturated heterocycles. The lowest BCUT2D eigenvalue weighted by atomic mass is 10.1. The summed E-state index contributed by atoms with van der Waals surface area (Å²) in [5.74, 6) is 0. The fraction of sp³-hybridized carbons (Fsp3) is 0.143. The Labute approximate surface area is 105 Å². The first-order valence-corrected chi connectivity index (χ1v) is 5.97. The third-order valence-corrected chi connectivity index (χ3v) is 3.05. The molecule has 0 atom stereocenters. The maximum absolute atomic E-state index is 12.2. The van der Waals surface area contributed by atoms with Gasteiger partial charge in [-0.25, -0.2) is 0 Å². The minimum Gasteiger partial charge on any atom is -0.692 e. The molecule has 0 bridgehead atoms. The number of para-hydroxylation sites is 2. The molecule has 0 N–H and O–H groups in total. The average Bonchev–Trinajstić information content (AvgIpc) is 2.76. The van der Waals surface area contributed by atoms with Gasteiger partial charge in [0, 0.05) is 0 Å². The van der Waals surface area contributed by atoms with E-state index in [0.29, 0.717) is 11.0 Å². The molecule has 0 aliphatic heterocycles. The van der Waals surface area contributed by atoms with Crippen molar-refractivity contribution in [3.8, 4) is 5.69 Å². The van der Waals surface area contributed by atoms with Crippen LogP contribution in [0.2, 0.25) is 0 Å². The Kier molecular flexibility index (Phi) is 2.48. The minimum atomic E-state index is 0.586. The molecule has 0 amide bonds. The topological polar surface area (TPSA) is 44.8 Å². The van der Waals surface area contributed by atoms with Gasteiger partial charge in [-0.05, 0) is 35.0 Å². The van der Waals surface area contributed by atoms with Gasteiger partial charge in [0.2, 0.25) is 11.0 Å². The molecule has 4 heteroatoms. The molecule has 1 aromatic heterocycles. The van der Waals surface area contributed by atoms with E-state index < -0.39 is 0 Å². The Bertz CT molecular complexity index is 703. The van der Waals surface area contributed by atoms with Crippen molar-refractivity contribution in [2.24, 2.45) is 0 Å². The summed E-state index contributed by atoms with van der Waals surface area (Å²) in [6, 6.07) is 15.2. The number of fused-ring (bicyclic) bond motifs is 1. The molecule has 0 aliphatic carbocycles. The van der Waals surface area contributed by atoms with Crippen molar-refractivity contribution >= 4 is 11.0 Å². The zero-order valence-electron chi connectivity index (χ0n) is 10.1. The molecule has 0 aliphatic rings. The summed E-state index contributed by atoms with van der Waals surface area (Å²) in [5, 5.41) is 16.6. The van der Waals surface area contributed by atoms with Gasteiger partial charge in [-0.1, -0.05) is 37.3 Å². The van der Waals surface area contributed by atoms with Gasteiger partial charge in [-0.15, -0.1) is 4.85 Å². The first-order chi connectivity index (χ1) is 8.81. The lowest BCUT2D eigenvalue weighted by Crippen LogP contribution is -2.37. The quantitative estimate of drug-likeness (QED) is 0.508. The Morgan fingerprint density at radius 1 is 1.11 bits per heavy atom. The van der Waals surface area contributed by atoms with Crippen molar-refractivity contribution in [1.29, 1.82) is 0 Å². The van der Waals surface area contributed by atoms with Crippen molar-refractivity contribution in [2.75, 3.05) is 0 Å². The zero-order valence-corrected chi connectivity index (χ0v) is 10.1. The molecular formula is C14H13N3O. The number of rotatable bonds is 2. The fourth-order valence-corrected chi connectivity index (χ4v) is 2.11. The van der Waals surface area contributed by atoms with Gasteiger partial charge in [-0.3, -0.25) is 0 Å². The Morgan fingerprint density at radius 3 is 2.61 bits per heavy atom. The van der Waals surface area contributed by atoms with Crippen LogP contribution in [-0.4, -0.2) is 9.90 Å². The third kappa shape index (κ3) is 1.54. The van der Waals surface area contributed by atoms with Gasteiger partial charge >= 0.3 is 0 Å². The highest BCUT2D eigenvalue weighted by Gasteiger charge is 2.16. The van der Waals surface area contributed by atoms with E-state index >= 15 is 0 Å². The highest BCUT2D eigenvalue weighted by Crippen LogP contribution is 2.15. The van der Waals surface area contributed by atoms with E-state index in [4.69, 9.17) is 0 Å². The first-order valence-electron chi connectivity index (χ1n) is 5.97. The van der Waals surface area contributed by atoms with Crippen LogP contribution in [0.15, 0.2) is 48.5 Å². The molecule has 0 spiro atoms. The molecule has 0 fully saturated rings. The molecule has 3 rings (SSSR count). The van der Waals surface area contributed by atoms with Crippen molar-refractivity contribution < 1.29 is 4.85 Å². The number of benzene rings is 2. The molecule has 0 unspecified atom stereocenters. The van der Waals surface area contributed by atoms with E-state index in [1.54, 1.807) is 6.07 Å². The summed E-state index contributed by atoms with van der Waals surface area (Å²) in [4.78, 5) is 2.26. The fourth-order valence-electron chi connectivity index (χ4n) is 2.11. The van der Waals surface area contributed by atoms with E-state index in [0.717, 1.165) is 22.5 Å². The van der Waals surface area contributed by atoms with Crippen LogP contribution >= 0.6 is 0 Å². The summed E-state index contributed by atoms with van der Waals surface area (Å²) >= 11 is 0. The summed E-state index contributed by atoms with van der Waals surface area (Å²) < 4.78 is 0. The van der Waals surface area contributed by atoms with Crippen LogP contribution in [0.5, 0.6) is 0 Å². The summed E-state index contributed by atoms with van der Waals surface area (Å²) in [7, 11) is 0. The number of nitrogens with zero attached hydrogens (tertiary/aromatic N) is 3. The van der Waals surface area contributed by atoms with Crippen molar-refractivity contribution in [3.63, 3.8) is 0 Å². The van der Waals surface area contributed by atoms with Crippen LogP contribution in [-0.2, 0) is 6.42 Å². The lowest BCUT2D eigenvalue weighted by molar-refractivity contribution is -0.664. The zero-order chi connectivity index (χ0) is 12.5. The van der Waals surface area contributed by atoms with E-state index in [1.807, 2.05) is 42.5 Å². The molecule has 1 heterocycles. The lowest BCUT2D eigenvalue weighted by Gasteiger charge is -2.07. The van der Waals surface area contributed by atoms with Crippen LogP contribution in [0.3, 0.4) is 0 Å². The molecule has 0 saturated carbocycles. The van der Waals surface area contributed by atoms with Crippen LogP contribution < -0.4 is 4.85 Å². The second kappa shape index (κ2) is 4.14. The third-order valence-electron chi connectivity index (χ3n) is 3.05. The number of hydrogen-bond acceptors (Lipinski definition) is 2. The van der Waals surface area contributed by atoms with Gasteiger partial charge in [-0.2, -0.15) is 0 Å². The van der Waals surface area contributed by atoms with Gasteiger partial charge < -0.3 is 5.21 Å². The molecule has 3 aromatic rings. The molecule has 0 radical (unpaired) electrons. The van der Waals surface area contributed by atoms with Gasteiger partial charge in [0.1, 0.15) is 5.69 Å². The summed E-state index contributed by atoms with van der Waals surface area (Å²) in [6.45, 7) is 2.07. The Balaban J connectivity index is 2.28. The predicted octanol–water partition coefficient (Wildman–Crippen LogP) is 2.22. The first kappa shape index (κ1) is 10.8. The van der Waals surface area contributed by atoms with Crippen LogP contribution in [0.25, 0.3) is 16.7 Å². The molecular weight excluding hydrogens is 226 g/mol. The van der Waals surface area contributed by atoms with Gasteiger partial charge in [0.05, 0.1) is 5.10 Å². The normalized spacial score (nSPS) is 10.9. The van der Waals surface area contributed by atoms with Crippen LogP contribution in [0.4, 0.5) is 0 Å². The van der Waals surface area contributed by atoms with E-state index in [2.05, 4.69) is 12.0 Å². The SMILES string of the molecule is CCc1ccccc1-n1nc2ccccc2[n+]1[O-]. The van der Waals surface area contributed by atoms with E-state index in [9.17, 15) is 5.21 Å². The summed E-state index contributed by atoms with van der Waals surface area (Å²) in [6.07, 6.45) is 0.867. The molecule has 4 nitrogen and oxygen atoms in total. The largest absolute Gasteiger partial charge is 0.692 e. The van der Waals surface area contributed by atoms with Crippen molar-refractivity contribution in [1.82, 2.24) is 9.90 Å². The number of aromatic nitrogens is 3. The maximum Gasteiger partial charge on any atom is 0.250 e. The highest BCUT2D eigenvalue weighted by molar-refractivity contribution is 5.70. The minimum absolute atomic E-state index is 0.586. The molecule has 18 heavy (non-hydrogen) atoms. The Hall–Kier alpha value is -2.36. The van der Waals surface area contributed by atoms with Crippen LogP contribution in [0, 0.1) is 5.21 Å². The van der Waals surface area contributed by atoms with Crippen LogP contribution in [0.1, 0.15) is 12.5 Å². The Morgan fingerprint density at radius 2 is 1.83 bits per heavy atom. The molecule has 2 aromatic carbocycles. The monoisotopic (exact) mass is 239 g/mol. The number of aryl methyl sites for hydroxylation is 1.